The maximum atomic E-state index is 13.5. The molecule has 3 heterocycles. The Labute approximate surface area is 203 Å². The van der Waals surface area contributed by atoms with E-state index < -0.39 is 17.3 Å². The molecule has 0 radical (unpaired) electrons. The summed E-state index contributed by atoms with van der Waals surface area (Å²) in [7, 11) is 0. The van der Waals surface area contributed by atoms with Crippen molar-refractivity contribution in [3.63, 3.8) is 0 Å². The molecule has 9 heteroatoms. The molecule has 2 fully saturated rings. The van der Waals surface area contributed by atoms with E-state index in [0.717, 1.165) is 0 Å². The Morgan fingerprint density at radius 3 is 2.34 bits per heavy atom. The Hall–Kier alpha value is -3.11. The number of nitrogens with zero attached hydrogens (tertiary/aromatic N) is 2. The van der Waals surface area contributed by atoms with Gasteiger partial charge in [0.15, 0.2) is 17.2 Å². The van der Waals surface area contributed by atoms with E-state index in [2.05, 4.69) is 10.2 Å². The third-order valence-corrected chi connectivity index (χ3v) is 6.96. The number of hydrogen-bond acceptors (Lipinski definition) is 7. The molecular weight excluding hydrogens is 450 g/mol. The lowest BCUT2D eigenvalue weighted by atomic mass is 9.88. The van der Waals surface area contributed by atoms with Gasteiger partial charge in [0.1, 0.15) is 0 Å². The zero-order valence-electron chi connectivity index (χ0n) is 19.7. The molecule has 2 aromatic carbocycles. The van der Waals surface area contributed by atoms with Crippen LogP contribution in [0.3, 0.4) is 0 Å². The molecule has 3 aliphatic rings. The molecule has 1 unspecified atom stereocenters. The predicted molar refractivity (Wildman–Crippen MR) is 128 cm³/mol. The summed E-state index contributed by atoms with van der Waals surface area (Å²) in [5.74, 6) is -1.58. The molecule has 35 heavy (non-hydrogen) atoms. The number of nitrogens with one attached hydrogen (secondary N) is 1. The fourth-order valence-corrected chi connectivity index (χ4v) is 5.12. The normalized spacial score (nSPS) is 23.5. The number of ether oxygens (including phenoxy) is 2. The molecule has 2 aromatic rings. The number of Topliss-reactive ketones (excluding diaryl/α,β-unsaturated/α-hetero) is 1. The molecule has 0 saturated carbocycles. The molecule has 2 N–H and O–H groups in total. The van der Waals surface area contributed by atoms with Crippen molar-refractivity contribution in [3.05, 3.63) is 59.7 Å². The van der Waals surface area contributed by atoms with Gasteiger partial charge in [-0.05, 0) is 30.3 Å². The molecule has 2 saturated heterocycles. The van der Waals surface area contributed by atoms with E-state index in [-0.39, 0.29) is 18.1 Å². The van der Waals surface area contributed by atoms with Crippen LogP contribution in [0.1, 0.15) is 42.1 Å². The number of benzene rings is 2. The van der Waals surface area contributed by atoms with Crippen LogP contribution in [0.5, 0.6) is 0 Å². The Morgan fingerprint density at radius 2 is 1.69 bits per heavy atom. The molecule has 0 aromatic heterocycles. The molecule has 184 valence electrons. The van der Waals surface area contributed by atoms with Crippen molar-refractivity contribution in [3.8, 4) is 0 Å². The molecule has 2 amide bonds. The lowest BCUT2D eigenvalue weighted by molar-refractivity contribution is -0.185. The van der Waals surface area contributed by atoms with Crippen LogP contribution < -0.4 is 10.2 Å². The van der Waals surface area contributed by atoms with Gasteiger partial charge in [0, 0.05) is 49.7 Å². The number of carbonyl (C=O) groups excluding carboxylic acids is 3. The van der Waals surface area contributed by atoms with Crippen molar-refractivity contribution >= 4 is 29.0 Å². The second-order valence-corrected chi connectivity index (χ2v) is 9.34. The van der Waals surface area contributed by atoms with Crippen LogP contribution in [0.2, 0.25) is 0 Å². The van der Waals surface area contributed by atoms with Crippen molar-refractivity contribution in [2.45, 2.75) is 37.6 Å². The first-order valence-corrected chi connectivity index (χ1v) is 11.8. The maximum Gasteiger partial charge on any atom is 0.265 e. The Morgan fingerprint density at radius 1 is 1.03 bits per heavy atom. The number of anilines is 2. The van der Waals surface area contributed by atoms with Gasteiger partial charge in [0.2, 0.25) is 5.91 Å². The standard InChI is InChI=1S/C26H29N3O6/c1-18(30)27-20-8-6-19(7-9-20)23(31)16-26(33)21-4-2-3-5-22(21)29(24(26)32)17-28-12-10-25(11-13-28)34-14-15-35-25/h2-9,33H,10-17H2,1H3,(H,27,30). The van der Waals surface area contributed by atoms with Gasteiger partial charge in [-0.2, -0.15) is 0 Å². The van der Waals surface area contributed by atoms with Crippen LogP contribution in [0.4, 0.5) is 11.4 Å². The largest absolute Gasteiger partial charge is 0.375 e. The minimum Gasteiger partial charge on any atom is -0.375 e. The number of hydrogen-bond donors (Lipinski definition) is 2. The topological polar surface area (TPSA) is 108 Å². The summed E-state index contributed by atoms with van der Waals surface area (Å²) in [6.45, 7) is 4.33. The van der Waals surface area contributed by atoms with Gasteiger partial charge < -0.3 is 19.9 Å². The molecule has 0 aliphatic carbocycles. The summed E-state index contributed by atoms with van der Waals surface area (Å²) < 4.78 is 11.6. The average molecular weight is 480 g/mol. The number of para-hydroxylation sites is 1. The molecule has 5 rings (SSSR count). The number of rotatable bonds is 6. The number of aliphatic hydroxyl groups is 1. The quantitative estimate of drug-likeness (QED) is 0.612. The van der Waals surface area contributed by atoms with Crippen molar-refractivity contribution in [1.29, 1.82) is 0 Å². The Kier molecular flexibility index (Phi) is 6.18. The second-order valence-electron chi connectivity index (χ2n) is 9.34. The number of ketones is 1. The van der Waals surface area contributed by atoms with Gasteiger partial charge in [0.25, 0.3) is 5.91 Å². The summed E-state index contributed by atoms with van der Waals surface area (Å²) >= 11 is 0. The highest BCUT2D eigenvalue weighted by atomic mass is 16.7. The summed E-state index contributed by atoms with van der Waals surface area (Å²) in [6, 6.07) is 13.5. The highest BCUT2D eigenvalue weighted by molar-refractivity contribution is 6.10. The molecular formula is C26H29N3O6. The monoisotopic (exact) mass is 479 g/mol. The average Bonchev–Trinajstić information content (AvgIpc) is 3.38. The fraction of sp³-hybridized carbons (Fsp3) is 0.423. The first kappa shape index (κ1) is 23.6. The van der Waals surface area contributed by atoms with Crippen LogP contribution in [0.25, 0.3) is 0 Å². The molecule has 1 spiro atoms. The van der Waals surface area contributed by atoms with Crippen molar-refractivity contribution in [2.75, 3.05) is 43.2 Å². The third-order valence-electron chi connectivity index (χ3n) is 6.96. The lowest BCUT2D eigenvalue weighted by Crippen LogP contribution is -2.51. The number of piperidine rings is 1. The van der Waals surface area contributed by atoms with Crippen LogP contribution in [-0.2, 0) is 24.7 Å². The lowest BCUT2D eigenvalue weighted by Gasteiger charge is -2.39. The van der Waals surface area contributed by atoms with Crippen LogP contribution in [-0.4, -0.2) is 66.4 Å². The summed E-state index contributed by atoms with van der Waals surface area (Å²) in [5.41, 5.74) is 0.0253. The van der Waals surface area contributed by atoms with E-state index in [1.807, 2.05) is 6.07 Å². The van der Waals surface area contributed by atoms with E-state index >= 15 is 0 Å². The van der Waals surface area contributed by atoms with Gasteiger partial charge in [-0.1, -0.05) is 18.2 Å². The number of fused-ring (bicyclic) bond motifs is 1. The van der Waals surface area contributed by atoms with E-state index in [1.165, 1.54) is 6.92 Å². The third kappa shape index (κ3) is 4.48. The van der Waals surface area contributed by atoms with E-state index in [4.69, 9.17) is 9.47 Å². The summed E-state index contributed by atoms with van der Waals surface area (Å²) in [4.78, 5) is 41.6. The van der Waals surface area contributed by atoms with Crippen LogP contribution >= 0.6 is 0 Å². The Bertz CT molecular complexity index is 1130. The number of amides is 2. The van der Waals surface area contributed by atoms with Crippen molar-refractivity contribution in [2.24, 2.45) is 0 Å². The smallest absolute Gasteiger partial charge is 0.265 e. The highest BCUT2D eigenvalue weighted by Crippen LogP contribution is 2.43. The molecule has 9 nitrogen and oxygen atoms in total. The van der Waals surface area contributed by atoms with E-state index in [1.54, 1.807) is 47.4 Å². The van der Waals surface area contributed by atoms with Crippen molar-refractivity contribution in [1.82, 2.24) is 4.90 Å². The first-order chi connectivity index (χ1) is 16.8. The summed E-state index contributed by atoms with van der Waals surface area (Å²) in [6.07, 6.45) is 1.06. The van der Waals surface area contributed by atoms with E-state index in [0.29, 0.717) is 68.3 Å². The molecule has 1 atom stereocenters. The highest BCUT2D eigenvalue weighted by Gasteiger charge is 2.51. The number of likely N-dealkylation sites (tertiary alicyclic amines) is 1. The number of carbonyl (C=O) groups is 3. The zero-order valence-corrected chi connectivity index (χ0v) is 19.7. The SMILES string of the molecule is CC(=O)Nc1ccc(C(=O)CC2(O)C(=O)N(CN3CCC4(CC3)OCCO4)c3ccccc32)cc1. The minimum atomic E-state index is -1.95. The molecule has 0 bridgehead atoms. The van der Waals surface area contributed by atoms with Gasteiger partial charge in [-0.25, -0.2) is 0 Å². The van der Waals surface area contributed by atoms with Gasteiger partial charge in [-0.15, -0.1) is 0 Å². The van der Waals surface area contributed by atoms with Gasteiger partial charge in [0.05, 0.1) is 32.0 Å². The zero-order chi connectivity index (χ0) is 24.6. The second kappa shape index (κ2) is 9.16. The first-order valence-electron chi connectivity index (χ1n) is 11.8. The van der Waals surface area contributed by atoms with Gasteiger partial charge >= 0.3 is 0 Å². The summed E-state index contributed by atoms with van der Waals surface area (Å²) in [5, 5.41) is 14.2. The predicted octanol–water partition coefficient (Wildman–Crippen LogP) is 2.25. The van der Waals surface area contributed by atoms with Crippen LogP contribution in [0, 0.1) is 0 Å². The maximum absolute atomic E-state index is 13.5. The Balaban J connectivity index is 1.31. The van der Waals surface area contributed by atoms with Crippen LogP contribution in [0.15, 0.2) is 48.5 Å². The fourth-order valence-electron chi connectivity index (χ4n) is 5.12. The van der Waals surface area contributed by atoms with Crippen molar-refractivity contribution < 1.29 is 29.0 Å². The van der Waals surface area contributed by atoms with E-state index in [9.17, 15) is 19.5 Å². The van der Waals surface area contributed by atoms with Gasteiger partial charge in [-0.3, -0.25) is 24.2 Å². The minimum absolute atomic E-state index is 0.209. The molecule has 3 aliphatic heterocycles.